The molecule has 2 aromatic rings. The van der Waals surface area contributed by atoms with Crippen molar-refractivity contribution in [3.05, 3.63) is 67.8 Å². The number of nitrogens with one attached hydrogen (secondary N) is 1. The number of nitrogens with zero attached hydrogens (tertiary/aromatic N) is 2. The van der Waals surface area contributed by atoms with Gasteiger partial charge in [-0.3, -0.25) is 25.5 Å². The maximum absolute atomic E-state index is 12.2. The molecule has 0 aliphatic carbocycles. The van der Waals surface area contributed by atoms with Crippen LogP contribution in [0.15, 0.2) is 36.4 Å². The molecular formula is C21H21N3O8. The van der Waals surface area contributed by atoms with Crippen molar-refractivity contribution >= 4 is 0 Å². The number of piperidine rings is 1. The molecule has 0 saturated carbocycles. The highest BCUT2D eigenvalue weighted by Gasteiger charge is 2.63. The number of nitro groups is 2. The number of rotatable bonds is 4. The van der Waals surface area contributed by atoms with Crippen LogP contribution in [0.5, 0.6) is 23.0 Å². The summed E-state index contributed by atoms with van der Waals surface area (Å²) in [5.41, 5.74) is -0.103. The molecule has 3 aliphatic heterocycles. The summed E-state index contributed by atoms with van der Waals surface area (Å²) in [4.78, 5) is 23.5. The zero-order valence-corrected chi connectivity index (χ0v) is 17.3. The van der Waals surface area contributed by atoms with Gasteiger partial charge in [-0.15, -0.1) is 0 Å². The normalized spacial score (nSPS) is 27.2. The Bertz CT molecular complexity index is 1020. The molecule has 0 spiro atoms. The molecule has 11 heteroatoms. The molecule has 3 aliphatic rings. The fraction of sp³-hybridized carbons (Fsp3) is 0.429. The topological polar surface area (TPSA) is 135 Å². The van der Waals surface area contributed by atoms with Crippen molar-refractivity contribution in [2.45, 2.75) is 38.0 Å². The molecule has 1 fully saturated rings. The van der Waals surface area contributed by atoms with E-state index in [0.29, 0.717) is 34.1 Å². The summed E-state index contributed by atoms with van der Waals surface area (Å²) in [7, 11) is 0. The lowest BCUT2D eigenvalue weighted by molar-refractivity contribution is -0.605. The number of fused-ring (bicyclic) bond motifs is 2. The van der Waals surface area contributed by atoms with Crippen LogP contribution in [0.2, 0.25) is 0 Å². The van der Waals surface area contributed by atoms with E-state index in [2.05, 4.69) is 5.32 Å². The molecule has 0 amide bonds. The standard InChI is InChI=1S/C21H21N3O8/c1-21(2)19(23(25)26)17(11-3-5-13-15(7-11)31-9-29-13)22-18(20(21)24(27)28)12-4-6-14-16(8-12)32-10-30-14/h3-8,17-20,22H,9-10H2,1-2H3. The monoisotopic (exact) mass is 443 g/mol. The third-order valence-electron chi connectivity index (χ3n) is 6.48. The van der Waals surface area contributed by atoms with Crippen LogP contribution < -0.4 is 24.3 Å². The molecule has 4 unspecified atom stereocenters. The molecule has 0 aromatic heterocycles. The number of hydrogen-bond donors (Lipinski definition) is 1. The second kappa shape index (κ2) is 7.23. The van der Waals surface area contributed by atoms with Gasteiger partial charge in [0.2, 0.25) is 25.7 Å². The summed E-state index contributed by atoms with van der Waals surface area (Å²) >= 11 is 0. The highest BCUT2D eigenvalue weighted by molar-refractivity contribution is 5.47. The first-order chi connectivity index (χ1) is 15.3. The van der Waals surface area contributed by atoms with E-state index in [1.54, 1.807) is 50.2 Å². The average molecular weight is 443 g/mol. The lowest BCUT2D eigenvalue weighted by Crippen LogP contribution is -2.63. The zero-order valence-electron chi connectivity index (χ0n) is 17.3. The van der Waals surface area contributed by atoms with Gasteiger partial charge in [0.1, 0.15) is 17.5 Å². The number of ether oxygens (including phenoxy) is 4. The van der Waals surface area contributed by atoms with Gasteiger partial charge >= 0.3 is 0 Å². The lowest BCUT2D eigenvalue weighted by atomic mass is 9.66. The van der Waals surface area contributed by atoms with E-state index >= 15 is 0 Å². The molecule has 0 bridgehead atoms. The molecule has 5 rings (SSSR count). The van der Waals surface area contributed by atoms with Crippen LogP contribution in [0.25, 0.3) is 0 Å². The highest BCUT2D eigenvalue weighted by atomic mass is 16.7. The molecule has 32 heavy (non-hydrogen) atoms. The van der Waals surface area contributed by atoms with Crippen LogP contribution in [0.4, 0.5) is 0 Å². The zero-order chi connectivity index (χ0) is 22.6. The van der Waals surface area contributed by atoms with Crippen LogP contribution in [0.1, 0.15) is 37.1 Å². The van der Waals surface area contributed by atoms with Crippen molar-refractivity contribution in [2.75, 3.05) is 13.6 Å². The minimum Gasteiger partial charge on any atom is -0.454 e. The second-order valence-electron chi connectivity index (χ2n) is 8.63. The van der Waals surface area contributed by atoms with Crippen LogP contribution in [-0.4, -0.2) is 35.5 Å². The highest BCUT2D eigenvalue weighted by Crippen LogP contribution is 2.49. The van der Waals surface area contributed by atoms with Crippen LogP contribution in [-0.2, 0) is 0 Å². The van der Waals surface area contributed by atoms with Crippen LogP contribution in [0, 0.1) is 25.6 Å². The number of hydrogen-bond acceptors (Lipinski definition) is 9. The van der Waals surface area contributed by atoms with Gasteiger partial charge in [0.05, 0.1) is 0 Å². The first kappa shape index (κ1) is 20.3. The lowest BCUT2D eigenvalue weighted by Gasteiger charge is -2.44. The fourth-order valence-corrected chi connectivity index (χ4v) is 4.97. The third kappa shape index (κ3) is 3.08. The number of benzene rings is 2. The molecule has 1 saturated heterocycles. The minimum absolute atomic E-state index is 0.0737. The summed E-state index contributed by atoms with van der Waals surface area (Å²) < 4.78 is 21.6. The van der Waals surface area contributed by atoms with E-state index in [1.165, 1.54) is 0 Å². The van der Waals surface area contributed by atoms with Crippen molar-refractivity contribution in [3.63, 3.8) is 0 Å². The molecular weight excluding hydrogens is 422 g/mol. The Balaban J connectivity index is 1.62. The third-order valence-corrected chi connectivity index (χ3v) is 6.48. The van der Waals surface area contributed by atoms with Gasteiger partial charge in [0.15, 0.2) is 23.0 Å². The van der Waals surface area contributed by atoms with E-state index in [-0.39, 0.29) is 13.6 Å². The van der Waals surface area contributed by atoms with Gasteiger partial charge in [-0.1, -0.05) is 12.1 Å². The molecule has 4 atom stereocenters. The minimum atomic E-state index is -1.29. The van der Waals surface area contributed by atoms with Gasteiger partial charge in [-0.2, -0.15) is 0 Å². The summed E-state index contributed by atoms with van der Waals surface area (Å²) in [6.07, 6.45) is 0. The Morgan fingerprint density at radius 2 is 1.19 bits per heavy atom. The van der Waals surface area contributed by atoms with E-state index in [0.717, 1.165) is 0 Å². The van der Waals surface area contributed by atoms with Gasteiger partial charge in [0.25, 0.3) is 0 Å². The first-order valence-corrected chi connectivity index (χ1v) is 10.1. The average Bonchev–Trinajstić information content (AvgIpc) is 3.39. The van der Waals surface area contributed by atoms with E-state index in [1.807, 2.05) is 0 Å². The summed E-state index contributed by atoms with van der Waals surface area (Å²) in [5.74, 6) is 2.08. The van der Waals surface area contributed by atoms with E-state index in [4.69, 9.17) is 18.9 Å². The maximum atomic E-state index is 12.2. The molecule has 2 aromatic carbocycles. The van der Waals surface area contributed by atoms with Crippen molar-refractivity contribution < 1.29 is 28.8 Å². The summed E-state index contributed by atoms with van der Waals surface area (Å²) in [6, 6.07) is 6.08. The van der Waals surface area contributed by atoms with Gasteiger partial charge < -0.3 is 18.9 Å². The first-order valence-electron chi connectivity index (χ1n) is 10.1. The fourth-order valence-electron chi connectivity index (χ4n) is 4.97. The van der Waals surface area contributed by atoms with E-state index < -0.39 is 39.4 Å². The van der Waals surface area contributed by atoms with Crippen molar-refractivity contribution in [2.24, 2.45) is 5.41 Å². The van der Waals surface area contributed by atoms with Crippen molar-refractivity contribution in [1.29, 1.82) is 0 Å². The predicted octanol–water partition coefficient (Wildman–Crippen LogP) is 2.85. The van der Waals surface area contributed by atoms with Gasteiger partial charge in [-0.25, -0.2) is 0 Å². The van der Waals surface area contributed by atoms with Gasteiger partial charge in [0, 0.05) is 9.85 Å². The Labute approximate surface area is 182 Å². The van der Waals surface area contributed by atoms with Gasteiger partial charge in [-0.05, 0) is 49.2 Å². The van der Waals surface area contributed by atoms with Crippen LogP contribution in [0.3, 0.4) is 0 Å². The van der Waals surface area contributed by atoms with Crippen molar-refractivity contribution in [3.8, 4) is 23.0 Å². The van der Waals surface area contributed by atoms with E-state index in [9.17, 15) is 20.2 Å². The smallest absolute Gasteiger partial charge is 0.243 e. The summed E-state index contributed by atoms with van der Waals surface area (Å²) in [5, 5.41) is 27.6. The molecule has 0 radical (unpaired) electrons. The molecule has 11 nitrogen and oxygen atoms in total. The quantitative estimate of drug-likeness (QED) is 0.559. The largest absolute Gasteiger partial charge is 0.454 e. The van der Waals surface area contributed by atoms with Crippen molar-refractivity contribution in [1.82, 2.24) is 5.32 Å². The second-order valence-corrected chi connectivity index (χ2v) is 8.63. The Hall–Kier alpha value is -3.60. The predicted molar refractivity (Wildman–Crippen MR) is 109 cm³/mol. The Morgan fingerprint density at radius 3 is 1.59 bits per heavy atom. The molecule has 3 heterocycles. The Kier molecular flexibility index (Phi) is 4.59. The Morgan fingerprint density at radius 1 is 0.781 bits per heavy atom. The molecule has 1 N–H and O–H groups in total. The SMILES string of the molecule is CC1(C)C([N+](=O)[O-])C(c2ccc3c(c2)OCO3)NC(c2ccc3c(c2)OCO3)C1[N+](=O)[O-]. The summed E-state index contributed by atoms with van der Waals surface area (Å²) in [6.45, 7) is 3.30. The maximum Gasteiger partial charge on any atom is 0.243 e. The molecule has 168 valence electrons. The van der Waals surface area contributed by atoms with Crippen LogP contribution >= 0.6 is 0 Å².